The fourth-order valence-corrected chi connectivity index (χ4v) is 6.32. The number of aromatic hydroxyl groups is 4. The van der Waals surface area contributed by atoms with E-state index in [0.717, 1.165) is 12.1 Å². The molecule has 0 bridgehead atoms. The Morgan fingerprint density at radius 2 is 0.824 bits per heavy atom. The monoisotopic (exact) mass is 710 g/mol. The number of hydrogen-bond acceptors (Lipinski definition) is 5. The number of carbonyl (C=O) groups is 1. The second-order valence-corrected chi connectivity index (χ2v) is 11.1. The summed E-state index contributed by atoms with van der Waals surface area (Å²) in [4.78, 5) is 13.9. The fraction of sp³-hybridized carbons (Fsp3) is 0. The summed E-state index contributed by atoms with van der Waals surface area (Å²) in [5.41, 5.74) is 1.38. The van der Waals surface area contributed by atoms with Crippen molar-refractivity contribution in [2.45, 2.75) is 0 Å². The number of phenols is 4. The van der Waals surface area contributed by atoms with Crippen LogP contribution in [0, 0.1) is 0 Å². The van der Waals surface area contributed by atoms with Crippen LogP contribution in [0.3, 0.4) is 0 Å². The highest BCUT2D eigenvalue weighted by Gasteiger charge is 2.25. The predicted molar refractivity (Wildman–Crippen MR) is 145 cm³/mol. The van der Waals surface area contributed by atoms with Crippen LogP contribution in [-0.2, 0) is 0 Å². The van der Waals surface area contributed by atoms with Gasteiger partial charge in [-0.15, -0.1) is 0 Å². The second kappa shape index (κ2) is 9.73. The Morgan fingerprint density at radius 3 is 1.15 bits per heavy atom. The number of benzene rings is 4. The summed E-state index contributed by atoms with van der Waals surface area (Å²) in [6, 6.07) is 15.3. The Kier molecular flexibility index (Phi) is 7.09. The molecule has 4 N–H and O–H groups in total. The van der Waals surface area contributed by atoms with Gasteiger partial charge in [0.2, 0.25) is 0 Å². The number of carbonyl (C=O) groups excluding carboxylic acids is 1. The zero-order valence-electron chi connectivity index (χ0n) is 17.0. The first-order valence-electron chi connectivity index (χ1n) is 9.63. The van der Waals surface area contributed by atoms with Crippen molar-refractivity contribution >= 4 is 69.5 Å². The van der Waals surface area contributed by atoms with Crippen LogP contribution in [0.5, 0.6) is 23.0 Å². The summed E-state index contributed by atoms with van der Waals surface area (Å²) in [7, 11) is 0. The molecule has 0 radical (unpaired) electrons. The maximum Gasteiger partial charge on any atom is 0.194 e. The van der Waals surface area contributed by atoms with Crippen molar-refractivity contribution in [3.63, 3.8) is 0 Å². The van der Waals surface area contributed by atoms with Crippen molar-refractivity contribution in [2.75, 3.05) is 0 Å². The Morgan fingerprint density at radius 1 is 0.500 bits per heavy atom. The molecule has 0 amide bonds. The summed E-state index contributed by atoms with van der Waals surface area (Å²) < 4.78 is 2.82. The smallest absolute Gasteiger partial charge is 0.194 e. The molecular weight excluding hydrogens is 700 g/mol. The SMILES string of the molecule is O=C(c1cc(O)cc(O)c1-c1cc(Br)cc(Br)c1)c1cc(O)cc(O)c1-c1cc(Br)cc(Br)c1. The molecule has 0 unspecified atom stereocenters. The highest BCUT2D eigenvalue weighted by molar-refractivity contribution is 9.11. The summed E-state index contributed by atoms with van der Waals surface area (Å²) in [6.07, 6.45) is 0. The van der Waals surface area contributed by atoms with Crippen molar-refractivity contribution in [3.05, 3.63) is 89.7 Å². The van der Waals surface area contributed by atoms with Crippen molar-refractivity contribution in [1.82, 2.24) is 0 Å². The molecule has 0 aliphatic heterocycles. The van der Waals surface area contributed by atoms with Gasteiger partial charge in [-0.3, -0.25) is 4.79 Å². The van der Waals surface area contributed by atoms with Crippen LogP contribution < -0.4 is 0 Å². The van der Waals surface area contributed by atoms with Gasteiger partial charge in [0.15, 0.2) is 5.78 Å². The third kappa shape index (κ3) is 5.02. The van der Waals surface area contributed by atoms with Crippen LogP contribution in [0.4, 0.5) is 0 Å². The molecule has 4 aromatic carbocycles. The molecule has 4 rings (SSSR count). The highest BCUT2D eigenvalue weighted by atomic mass is 79.9. The normalized spacial score (nSPS) is 10.9. The third-order valence-corrected chi connectivity index (χ3v) is 6.83. The van der Waals surface area contributed by atoms with Crippen LogP contribution in [0.25, 0.3) is 22.3 Å². The molecule has 0 saturated heterocycles. The first kappa shape index (κ1) is 24.8. The summed E-state index contributed by atoms with van der Waals surface area (Å²) in [5, 5.41) is 41.8. The lowest BCUT2D eigenvalue weighted by molar-refractivity contribution is 0.103. The van der Waals surface area contributed by atoms with Crippen LogP contribution in [0.15, 0.2) is 78.6 Å². The van der Waals surface area contributed by atoms with E-state index in [1.54, 1.807) is 36.4 Å². The van der Waals surface area contributed by atoms with E-state index in [1.807, 2.05) is 0 Å². The van der Waals surface area contributed by atoms with Crippen molar-refractivity contribution in [2.24, 2.45) is 0 Å². The number of ketones is 1. The molecular formula is C25H14Br4O5. The van der Waals surface area contributed by atoms with Gasteiger partial charge in [0.25, 0.3) is 0 Å². The van der Waals surface area contributed by atoms with Gasteiger partial charge >= 0.3 is 0 Å². The lowest BCUT2D eigenvalue weighted by Crippen LogP contribution is -2.06. The minimum atomic E-state index is -0.616. The van der Waals surface area contributed by atoms with Gasteiger partial charge in [-0.2, -0.15) is 0 Å². The second-order valence-electron chi connectivity index (χ2n) is 7.42. The minimum Gasteiger partial charge on any atom is -0.508 e. The molecule has 0 spiro atoms. The molecule has 0 fully saturated rings. The van der Waals surface area contributed by atoms with E-state index in [-0.39, 0.29) is 45.3 Å². The van der Waals surface area contributed by atoms with Crippen molar-refractivity contribution in [3.8, 4) is 45.3 Å². The van der Waals surface area contributed by atoms with Crippen LogP contribution in [-0.4, -0.2) is 26.2 Å². The maximum atomic E-state index is 13.9. The maximum absolute atomic E-state index is 13.9. The van der Waals surface area contributed by atoms with Gasteiger partial charge in [-0.05, 0) is 59.7 Å². The van der Waals surface area contributed by atoms with E-state index in [0.29, 0.717) is 29.0 Å². The summed E-state index contributed by atoms with van der Waals surface area (Å²) >= 11 is 13.6. The third-order valence-electron chi connectivity index (χ3n) is 5.00. The first-order valence-corrected chi connectivity index (χ1v) is 12.8. The molecule has 0 heterocycles. The Hall–Kier alpha value is -2.33. The Balaban J connectivity index is 2.01. The standard InChI is InChI=1S/C25H14Br4O5/c26-13-1-11(2-14(27)5-13)23-19(7-17(30)9-21(23)32)25(34)20-8-18(31)10-22(33)24(20)12-3-15(28)6-16(29)4-12/h1-10,30-33H. The average molecular weight is 714 g/mol. The zero-order valence-corrected chi connectivity index (χ0v) is 23.3. The molecule has 34 heavy (non-hydrogen) atoms. The van der Waals surface area contributed by atoms with E-state index in [2.05, 4.69) is 63.7 Å². The average Bonchev–Trinajstić information content (AvgIpc) is 2.70. The largest absolute Gasteiger partial charge is 0.508 e. The van der Waals surface area contributed by atoms with Crippen LogP contribution in [0.2, 0.25) is 0 Å². The van der Waals surface area contributed by atoms with E-state index >= 15 is 0 Å². The van der Waals surface area contributed by atoms with E-state index in [9.17, 15) is 25.2 Å². The molecule has 0 aliphatic rings. The number of rotatable bonds is 4. The van der Waals surface area contributed by atoms with E-state index in [1.165, 1.54) is 12.1 Å². The molecule has 0 aromatic heterocycles. The van der Waals surface area contributed by atoms with Gasteiger partial charge in [0.1, 0.15) is 23.0 Å². The lowest BCUT2D eigenvalue weighted by atomic mass is 9.88. The molecule has 0 atom stereocenters. The van der Waals surface area contributed by atoms with Gasteiger partial charge in [-0.25, -0.2) is 0 Å². The molecule has 9 heteroatoms. The number of halogens is 4. The lowest BCUT2D eigenvalue weighted by Gasteiger charge is -2.16. The van der Waals surface area contributed by atoms with Gasteiger partial charge in [-0.1, -0.05) is 63.7 Å². The quantitative estimate of drug-likeness (QED) is 0.160. The van der Waals surface area contributed by atoms with E-state index in [4.69, 9.17) is 0 Å². The molecule has 0 saturated carbocycles. The molecule has 4 aromatic rings. The number of hydrogen-bond donors (Lipinski definition) is 4. The highest BCUT2D eigenvalue weighted by Crippen LogP contribution is 2.43. The molecule has 0 aliphatic carbocycles. The van der Waals surface area contributed by atoms with Crippen LogP contribution in [0.1, 0.15) is 15.9 Å². The van der Waals surface area contributed by atoms with Gasteiger partial charge in [0, 0.05) is 52.3 Å². The summed E-state index contributed by atoms with van der Waals surface area (Å²) in [5.74, 6) is -1.84. The van der Waals surface area contributed by atoms with Gasteiger partial charge in [0.05, 0.1) is 0 Å². The Bertz CT molecular complexity index is 1320. The molecule has 172 valence electrons. The topological polar surface area (TPSA) is 98.0 Å². The first-order chi connectivity index (χ1) is 16.0. The van der Waals surface area contributed by atoms with E-state index < -0.39 is 5.78 Å². The van der Waals surface area contributed by atoms with Crippen LogP contribution >= 0.6 is 63.7 Å². The fourth-order valence-electron chi connectivity index (χ4n) is 3.73. The van der Waals surface area contributed by atoms with Crippen molar-refractivity contribution < 1.29 is 25.2 Å². The number of phenolic OH excluding ortho intramolecular Hbond substituents is 4. The zero-order chi connectivity index (χ0) is 24.7. The summed E-state index contributed by atoms with van der Waals surface area (Å²) in [6.45, 7) is 0. The Labute approximate surface area is 228 Å². The van der Waals surface area contributed by atoms with Crippen molar-refractivity contribution in [1.29, 1.82) is 0 Å². The van der Waals surface area contributed by atoms with Gasteiger partial charge < -0.3 is 20.4 Å². The minimum absolute atomic E-state index is 0.0113. The molecule has 5 nitrogen and oxygen atoms in total. The predicted octanol–water partition coefficient (Wildman–Crippen LogP) is 8.12.